The average Bonchev–Trinajstić information content (AvgIpc) is 2.07. The molecule has 1 rings (SSSR count). The van der Waals surface area contributed by atoms with Crippen LogP contribution in [0.1, 0.15) is 0 Å². The van der Waals surface area contributed by atoms with E-state index < -0.39 is 0 Å². The minimum atomic E-state index is 0.706. The normalized spacial score (nSPS) is 9.92. The van der Waals surface area contributed by atoms with E-state index in [0.717, 1.165) is 15.6 Å². The molecular formula is C8H7Br2IO. The monoisotopic (exact) mass is 404 g/mol. The molecule has 12 heavy (non-hydrogen) atoms. The van der Waals surface area contributed by atoms with Gasteiger partial charge in [-0.1, -0.05) is 15.9 Å². The third-order valence-corrected chi connectivity index (χ3v) is 3.89. The summed E-state index contributed by atoms with van der Waals surface area (Å²) in [4.78, 5) is 0. The fraction of sp³-hybridized carbons (Fsp3) is 0.250. The highest BCUT2D eigenvalue weighted by molar-refractivity contribution is 14.1. The van der Waals surface area contributed by atoms with Crippen molar-refractivity contribution in [1.29, 1.82) is 0 Å². The van der Waals surface area contributed by atoms with Crippen LogP contribution >= 0.6 is 54.5 Å². The zero-order chi connectivity index (χ0) is 8.97. The number of rotatable bonds is 3. The van der Waals surface area contributed by atoms with Crippen molar-refractivity contribution in [2.45, 2.75) is 0 Å². The second-order valence-electron chi connectivity index (χ2n) is 2.11. The summed E-state index contributed by atoms with van der Waals surface area (Å²) in [7, 11) is 0. The minimum Gasteiger partial charge on any atom is -0.493 e. The van der Waals surface area contributed by atoms with Crippen molar-refractivity contribution in [3.63, 3.8) is 0 Å². The molecule has 0 fully saturated rings. The average molecular weight is 406 g/mol. The van der Waals surface area contributed by atoms with Crippen molar-refractivity contribution in [1.82, 2.24) is 0 Å². The number of alkyl halides is 1. The molecule has 0 saturated carbocycles. The van der Waals surface area contributed by atoms with Crippen LogP contribution < -0.4 is 4.74 Å². The zero-order valence-electron chi connectivity index (χ0n) is 6.19. The molecule has 0 radical (unpaired) electrons. The Morgan fingerprint density at radius 2 is 2.17 bits per heavy atom. The minimum absolute atomic E-state index is 0.706. The van der Waals surface area contributed by atoms with E-state index in [1.54, 1.807) is 0 Å². The molecular weight excluding hydrogens is 399 g/mol. The summed E-state index contributed by atoms with van der Waals surface area (Å²) in [5.41, 5.74) is 0. The lowest BCUT2D eigenvalue weighted by Crippen LogP contribution is -1.97. The second-order valence-corrected chi connectivity index (χ2v) is 4.92. The summed E-state index contributed by atoms with van der Waals surface area (Å²) in [5.74, 6) is 0.919. The number of ether oxygens (including phenoxy) is 1. The van der Waals surface area contributed by atoms with Gasteiger partial charge in [0.15, 0.2) is 0 Å². The van der Waals surface area contributed by atoms with Crippen LogP contribution in [0.3, 0.4) is 0 Å². The van der Waals surface area contributed by atoms with Gasteiger partial charge in [0.05, 0.1) is 6.61 Å². The first-order valence-corrected chi connectivity index (χ1v) is 6.37. The largest absolute Gasteiger partial charge is 0.493 e. The van der Waals surface area contributed by atoms with Crippen LogP contribution in [0.4, 0.5) is 0 Å². The van der Waals surface area contributed by atoms with Crippen LogP contribution in [-0.4, -0.2) is 11.9 Å². The standard InChI is InChI=1S/C8H7Br2IO/c9-3-4-12-6-1-2-7(10)8(11)5-6/h1-2,5H,3-4H2. The quantitative estimate of drug-likeness (QED) is 0.548. The summed E-state index contributed by atoms with van der Waals surface area (Å²) >= 11 is 8.99. The van der Waals surface area contributed by atoms with E-state index in [2.05, 4.69) is 54.5 Å². The smallest absolute Gasteiger partial charge is 0.120 e. The first kappa shape index (κ1) is 10.8. The molecule has 1 aromatic rings. The van der Waals surface area contributed by atoms with E-state index in [-0.39, 0.29) is 0 Å². The zero-order valence-corrected chi connectivity index (χ0v) is 11.5. The fourth-order valence-electron chi connectivity index (χ4n) is 0.723. The van der Waals surface area contributed by atoms with Gasteiger partial charge in [0, 0.05) is 13.4 Å². The van der Waals surface area contributed by atoms with E-state index in [9.17, 15) is 0 Å². The third kappa shape index (κ3) is 3.22. The van der Waals surface area contributed by atoms with Gasteiger partial charge < -0.3 is 4.74 Å². The van der Waals surface area contributed by atoms with E-state index >= 15 is 0 Å². The summed E-state index contributed by atoms with van der Waals surface area (Å²) in [6, 6.07) is 5.95. The van der Waals surface area contributed by atoms with E-state index in [1.807, 2.05) is 18.2 Å². The number of hydrogen-bond donors (Lipinski definition) is 0. The molecule has 1 nitrogen and oxygen atoms in total. The van der Waals surface area contributed by atoms with Gasteiger partial charge in [-0.2, -0.15) is 0 Å². The summed E-state index contributed by atoms with van der Waals surface area (Å²) in [6.07, 6.45) is 0. The predicted octanol–water partition coefficient (Wildman–Crippen LogP) is 3.83. The van der Waals surface area contributed by atoms with Crippen LogP contribution in [-0.2, 0) is 0 Å². The maximum absolute atomic E-state index is 5.42. The molecule has 0 aliphatic carbocycles. The van der Waals surface area contributed by atoms with Gasteiger partial charge in [0.2, 0.25) is 0 Å². The SMILES string of the molecule is BrCCOc1ccc(Br)c(I)c1. The molecule has 1 aromatic carbocycles. The molecule has 0 atom stereocenters. The Morgan fingerprint density at radius 3 is 2.75 bits per heavy atom. The molecule has 0 bridgehead atoms. The second kappa shape index (κ2) is 5.44. The molecule has 0 spiro atoms. The first-order chi connectivity index (χ1) is 5.74. The van der Waals surface area contributed by atoms with Gasteiger partial charge in [-0.3, -0.25) is 0 Å². The van der Waals surface area contributed by atoms with Crippen LogP contribution in [0.2, 0.25) is 0 Å². The number of halogens is 3. The Hall–Kier alpha value is 0.710. The predicted molar refractivity (Wildman–Crippen MR) is 66.1 cm³/mol. The highest BCUT2D eigenvalue weighted by atomic mass is 127. The maximum atomic E-state index is 5.42. The Balaban J connectivity index is 2.69. The van der Waals surface area contributed by atoms with Crippen molar-refractivity contribution in [3.05, 3.63) is 26.2 Å². The number of hydrogen-bond acceptors (Lipinski definition) is 1. The van der Waals surface area contributed by atoms with Crippen molar-refractivity contribution in [2.24, 2.45) is 0 Å². The lowest BCUT2D eigenvalue weighted by atomic mass is 10.3. The molecule has 0 aliphatic rings. The summed E-state index contributed by atoms with van der Waals surface area (Å²) in [6.45, 7) is 0.706. The Kier molecular flexibility index (Phi) is 4.89. The molecule has 0 N–H and O–H groups in total. The highest BCUT2D eigenvalue weighted by Crippen LogP contribution is 2.23. The van der Waals surface area contributed by atoms with Crippen LogP contribution in [0.25, 0.3) is 0 Å². The van der Waals surface area contributed by atoms with Gasteiger partial charge in [-0.05, 0) is 56.7 Å². The molecule has 0 unspecified atom stereocenters. The van der Waals surface area contributed by atoms with Gasteiger partial charge in [0.25, 0.3) is 0 Å². The van der Waals surface area contributed by atoms with Gasteiger partial charge in [0.1, 0.15) is 5.75 Å². The molecule has 0 saturated heterocycles. The molecule has 0 aromatic heterocycles. The van der Waals surface area contributed by atoms with E-state index in [0.29, 0.717) is 6.61 Å². The van der Waals surface area contributed by atoms with Crippen molar-refractivity contribution < 1.29 is 4.74 Å². The Bertz CT molecular complexity index is 265. The third-order valence-electron chi connectivity index (χ3n) is 1.24. The lowest BCUT2D eigenvalue weighted by Gasteiger charge is -2.04. The van der Waals surface area contributed by atoms with Crippen LogP contribution in [0.5, 0.6) is 5.75 Å². The van der Waals surface area contributed by atoms with E-state index in [4.69, 9.17) is 4.74 Å². The first-order valence-electron chi connectivity index (χ1n) is 3.38. The molecule has 66 valence electrons. The molecule has 0 aliphatic heterocycles. The summed E-state index contributed by atoms with van der Waals surface area (Å²) < 4.78 is 7.69. The molecule has 0 amide bonds. The van der Waals surface area contributed by atoms with E-state index in [1.165, 1.54) is 3.57 Å². The van der Waals surface area contributed by atoms with Crippen LogP contribution in [0, 0.1) is 3.57 Å². The van der Waals surface area contributed by atoms with Crippen molar-refractivity contribution in [3.8, 4) is 5.75 Å². The lowest BCUT2D eigenvalue weighted by molar-refractivity contribution is 0.345. The van der Waals surface area contributed by atoms with Crippen molar-refractivity contribution >= 4 is 54.5 Å². The van der Waals surface area contributed by atoms with Gasteiger partial charge in [-0.15, -0.1) is 0 Å². The fourth-order valence-corrected chi connectivity index (χ4v) is 1.62. The molecule has 4 heteroatoms. The molecule has 0 heterocycles. The number of benzene rings is 1. The van der Waals surface area contributed by atoms with Gasteiger partial charge in [-0.25, -0.2) is 0 Å². The maximum Gasteiger partial charge on any atom is 0.120 e. The Morgan fingerprint density at radius 1 is 1.42 bits per heavy atom. The highest BCUT2D eigenvalue weighted by Gasteiger charge is 1.98. The van der Waals surface area contributed by atoms with Crippen molar-refractivity contribution in [2.75, 3.05) is 11.9 Å². The topological polar surface area (TPSA) is 9.23 Å². The Labute approximate surface area is 102 Å². The summed E-state index contributed by atoms with van der Waals surface area (Å²) in [5, 5.41) is 0.861. The van der Waals surface area contributed by atoms with Gasteiger partial charge >= 0.3 is 0 Å². The van der Waals surface area contributed by atoms with Crippen LogP contribution in [0.15, 0.2) is 22.7 Å².